The van der Waals surface area contributed by atoms with Crippen molar-refractivity contribution in [3.8, 4) is 0 Å². The second-order valence-electron chi connectivity index (χ2n) is 5.48. The Morgan fingerprint density at radius 3 is 2.50 bits per heavy atom. The van der Waals surface area contributed by atoms with Gasteiger partial charge in [-0.1, -0.05) is 12.2 Å². The molecule has 5 heteroatoms. The molecule has 2 rings (SSSR count). The molecule has 2 heterocycles. The molecule has 1 aliphatic rings. The third-order valence-corrected chi connectivity index (χ3v) is 3.81. The Hall–Kier alpha value is -2.14. The van der Waals surface area contributed by atoms with Crippen LogP contribution >= 0.6 is 0 Å². The highest BCUT2D eigenvalue weighted by Gasteiger charge is 2.18. The van der Waals surface area contributed by atoms with Crippen molar-refractivity contribution >= 4 is 11.7 Å². The summed E-state index contributed by atoms with van der Waals surface area (Å²) in [6, 6.07) is 3.65. The van der Waals surface area contributed by atoms with Crippen LogP contribution in [0.3, 0.4) is 0 Å². The summed E-state index contributed by atoms with van der Waals surface area (Å²) in [5.41, 5.74) is 0.660. The Bertz CT molecular complexity index is 525. The summed E-state index contributed by atoms with van der Waals surface area (Å²) < 4.78 is 0. The highest BCUT2D eigenvalue weighted by atomic mass is 16.2. The van der Waals surface area contributed by atoms with Crippen LogP contribution in [0.1, 0.15) is 10.4 Å². The van der Waals surface area contributed by atoms with E-state index in [1.807, 2.05) is 6.07 Å². The van der Waals surface area contributed by atoms with Crippen molar-refractivity contribution in [2.75, 3.05) is 51.2 Å². The number of piperazine rings is 1. The van der Waals surface area contributed by atoms with Crippen molar-refractivity contribution in [2.24, 2.45) is 0 Å². The van der Waals surface area contributed by atoms with E-state index in [0.29, 0.717) is 18.7 Å². The maximum Gasteiger partial charge on any atom is 0.254 e. The van der Waals surface area contributed by atoms with Crippen LogP contribution in [-0.4, -0.2) is 67.0 Å². The van der Waals surface area contributed by atoms with Crippen molar-refractivity contribution in [3.63, 3.8) is 0 Å². The monoisotopic (exact) mass is 300 g/mol. The maximum absolute atomic E-state index is 12.6. The Kier molecular flexibility index (Phi) is 5.72. The second-order valence-corrected chi connectivity index (χ2v) is 5.48. The number of rotatable bonds is 6. The van der Waals surface area contributed by atoms with Crippen molar-refractivity contribution < 1.29 is 4.79 Å². The van der Waals surface area contributed by atoms with Gasteiger partial charge in [0, 0.05) is 51.0 Å². The van der Waals surface area contributed by atoms with Crippen LogP contribution in [0.2, 0.25) is 0 Å². The molecule has 1 fully saturated rings. The molecule has 5 nitrogen and oxygen atoms in total. The Morgan fingerprint density at radius 1 is 1.27 bits per heavy atom. The number of carbonyl (C=O) groups is 1. The lowest BCUT2D eigenvalue weighted by Gasteiger charge is -2.33. The fourth-order valence-electron chi connectivity index (χ4n) is 2.49. The third-order valence-electron chi connectivity index (χ3n) is 3.81. The van der Waals surface area contributed by atoms with Gasteiger partial charge >= 0.3 is 0 Å². The first-order valence-corrected chi connectivity index (χ1v) is 7.56. The van der Waals surface area contributed by atoms with Gasteiger partial charge in [-0.3, -0.25) is 4.79 Å². The predicted octanol–water partition coefficient (Wildman–Crippen LogP) is 1.65. The number of likely N-dealkylation sites (N-methyl/N-ethyl adjacent to an activating group) is 1. The van der Waals surface area contributed by atoms with Crippen molar-refractivity contribution in [1.82, 2.24) is 14.8 Å². The first kappa shape index (κ1) is 16.2. The van der Waals surface area contributed by atoms with Crippen molar-refractivity contribution in [3.05, 3.63) is 49.2 Å². The van der Waals surface area contributed by atoms with Gasteiger partial charge in [0.1, 0.15) is 5.82 Å². The molecule has 0 atom stereocenters. The predicted molar refractivity (Wildman–Crippen MR) is 90.2 cm³/mol. The number of nitrogens with zero attached hydrogens (tertiary/aromatic N) is 4. The number of aromatic nitrogens is 1. The van der Waals surface area contributed by atoms with E-state index >= 15 is 0 Å². The summed E-state index contributed by atoms with van der Waals surface area (Å²) in [6.45, 7) is 12.3. The second kappa shape index (κ2) is 7.75. The summed E-state index contributed by atoms with van der Waals surface area (Å²) in [5, 5.41) is 0. The van der Waals surface area contributed by atoms with Crippen LogP contribution in [-0.2, 0) is 0 Å². The number of hydrogen-bond acceptors (Lipinski definition) is 4. The van der Waals surface area contributed by atoms with Gasteiger partial charge in [-0.05, 0) is 19.2 Å². The van der Waals surface area contributed by atoms with Crippen LogP contribution in [0.25, 0.3) is 0 Å². The summed E-state index contributed by atoms with van der Waals surface area (Å²) >= 11 is 0. The van der Waals surface area contributed by atoms with E-state index in [-0.39, 0.29) is 5.91 Å². The number of hydrogen-bond donors (Lipinski definition) is 0. The van der Waals surface area contributed by atoms with Gasteiger partial charge in [0.05, 0.1) is 0 Å². The zero-order valence-electron chi connectivity index (χ0n) is 13.2. The molecule has 0 aromatic carbocycles. The molecule has 1 aliphatic heterocycles. The average molecular weight is 300 g/mol. The first-order valence-electron chi connectivity index (χ1n) is 7.56. The average Bonchev–Trinajstić information content (AvgIpc) is 2.55. The molecular weight excluding hydrogens is 276 g/mol. The Balaban J connectivity index is 2.14. The molecule has 1 aromatic heterocycles. The first-order chi connectivity index (χ1) is 10.7. The van der Waals surface area contributed by atoms with Crippen molar-refractivity contribution in [1.29, 1.82) is 0 Å². The van der Waals surface area contributed by atoms with E-state index in [0.717, 1.165) is 32.0 Å². The Labute approximate surface area is 132 Å². The van der Waals surface area contributed by atoms with E-state index in [2.05, 4.69) is 35.0 Å². The largest absolute Gasteiger partial charge is 0.354 e. The van der Waals surface area contributed by atoms with E-state index < -0.39 is 0 Å². The molecule has 0 saturated carbocycles. The zero-order chi connectivity index (χ0) is 15.9. The minimum absolute atomic E-state index is 0.0161. The molecule has 0 aliphatic carbocycles. The van der Waals surface area contributed by atoms with Crippen LogP contribution in [0.15, 0.2) is 43.6 Å². The maximum atomic E-state index is 12.6. The fourth-order valence-corrected chi connectivity index (χ4v) is 2.49. The highest BCUT2D eigenvalue weighted by molar-refractivity contribution is 5.95. The van der Waals surface area contributed by atoms with Crippen LogP contribution in [0.5, 0.6) is 0 Å². The van der Waals surface area contributed by atoms with Gasteiger partial charge in [-0.2, -0.15) is 0 Å². The van der Waals surface area contributed by atoms with Gasteiger partial charge in [0.2, 0.25) is 0 Å². The van der Waals surface area contributed by atoms with Crippen LogP contribution in [0, 0.1) is 0 Å². The number of amides is 1. The van der Waals surface area contributed by atoms with Gasteiger partial charge in [0.25, 0.3) is 5.91 Å². The number of carbonyl (C=O) groups excluding carboxylic acids is 1. The van der Waals surface area contributed by atoms with Gasteiger partial charge in [-0.15, -0.1) is 13.2 Å². The highest BCUT2D eigenvalue weighted by Crippen LogP contribution is 2.16. The molecule has 0 bridgehead atoms. The molecule has 0 radical (unpaired) electrons. The normalized spacial score (nSPS) is 15.4. The zero-order valence-corrected chi connectivity index (χ0v) is 13.2. The minimum atomic E-state index is -0.0161. The molecule has 22 heavy (non-hydrogen) atoms. The topological polar surface area (TPSA) is 39.7 Å². The quantitative estimate of drug-likeness (QED) is 0.749. The van der Waals surface area contributed by atoms with Gasteiger partial charge in [-0.25, -0.2) is 4.98 Å². The molecular formula is C17H24N4O. The molecule has 0 spiro atoms. The molecule has 1 saturated heterocycles. The summed E-state index contributed by atoms with van der Waals surface area (Å²) in [7, 11) is 2.12. The SMILES string of the molecule is C=CCN(CC=C)C(=O)c1ccnc(N2CCN(C)CC2)c1. The summed E-state index contributed by atoms with van der Waals surface area (Å²) in [6.07, 6.45) is 5.16. The molecule has 118 valence electrons. The number of anilines is 1. The fraction of sp³-hybridized carbons (Fsp3) is 0.412. The molecule has 0 N–H and O–H groups in total. The molecule has 1 amide bonds. The van der Waals surface area contributed by atoms with Crippen LogP contribution < -0.4 is 4.90 Å². The smallest absolute Gasteiger partial charge is 0.254 e. The lowest BCUT2D eigenvalue weighted by molar-refractivity contribution is 0.0790. The molecule has 1 aromatic rings. The van der Waals surface area contributed by atoms with E-state index in [9.17, 15) is 4.79 Å². The van der Waals surface area contributed by atoms with E-state index in [1.54, 1.807) is 29.3 Å². The lowest BCUT2D eigenvalue weighted by Crippen LogP contribution is -2.44. The van der Waals surface area contributed by atoms with Crippen molar-refractivity contribution in [2.45, 2.75) is 0 Å². The van der Waals surface area contributed by atoms with Gasteiger partial charge in [0.15, 0.2) is 0 Å². The lowest BCUT2D eigenvalue weighted by atomic mass is 10.2. The standard InChI is InChI=1S/C17H24N4O/c1-4-8-21(9-5-2)17(22)15-6-7-18-16(14-15)20-12-10-19(3)11-13-20/h4-7,14H,1-2,8-13H2,3H3. The third kappa shape index (κ3) is 3.95. The van der Waals surface area contributed by atoms with E-state index in [1.165, 1.54) is 0 Å². The van der Waals surface area contributed by atoms with Gasteiger partial charge < -0.3 is 14.7 Å². The van der Waals surface area contributed by atoms with E-state index in [4.69, 9.17) is 0 Å². The number of pyridine rings is 1. The minimum Gasteiger partial charge on any atom is -0.354 e. The van der Waals surface area contributed by atoms with Crippen LogP contribution in [0.4, 0.5) is 5.82 Å². The summed E-state index contributed by atoms with van der Waals surface area (Å²) in [5.74, 6) is 0.855. The summed E-state index contributed by atoms with van der Waals surface area (Å²) in [4.78, 5) is 23.2. The Morgan fingerprint density at radius 2 is 1.91 bits per heavy atom. The molecule has 0 unspecified atom stereocenters.